The highest BCUT2D eigenvalue weighted by atomic mass is 15.3. The monoisotopic (exact) mass is 274 g/mol. The summed E-state index contributed by atoms with van der Waals surface area (Å²) in [4.78, 5) is 11.5. The molecular formula is C16H26N4. The third kappa shape index (κ3) is 2.72. The predicted octanol–water partition coefficient (Wildman–Crippen LogP) is 2.08. The lowest BCUT2D eigenvalue weighted by atomic mass is 9.87. The van der Waals surface area contributed by atoms with Crippen molar-refractivity contribution in [1.82, 2.24) is 20.2 Å². The fourth-order valence-corrected chi connectivity index (χ4v) is 3.34. The molecular weight excluding hydrogens is 248 g/mol. The van der Waals surface area contributed by atoms with E-state index in [1.165, 1.54) is 12.8 Å². The van der Waals surface area contributed by atoms with Crippen molar-refractivity contribution in [1.29, 1.82) is 0 Å². The Balaban J connectivity index is 1.78. The quantitative estimate of drug-likeness (QED) is 0.912. The van der Waals surface area contributed by atoms with Gasteiger partial charge in [0.05, 0.1) is 6.54 Å². The van der Waals surface area contributed by atoms with Gasteiger partial charge >= 0.3 is 0 Å². The van der Waals surface area contributed by atoms with Crippen molar-refractivity contribution in [2.75, 3.05) is 13.1 Å². The Bertz CT molecular complexity index is 443. The summed E-state index contributed by atoms with van der Waals surface area (Å²) >= 11 is 0. The van der Waals surface area contributed by atoms with Gasteiger partial charge in [-0.3, -0.25) is 4.90 Å². The fourth-order valence-electron chi connectivity index (χ4n) is 3.34. The number of piperazine rings is 1. The summed E-state index contributed by atoms with van der Waals surface area (Å²) in [5, 5.41) is 3.76. The molecule has 1 aromatic heterocycles. The first kappa shape index (κ1) is 14.0. The van der Waals surface area contributed by atoms with Gasteiger partial charge in [-0.15, -0.1) is 0 Å². The van der Waals surface area contributed by atoms with Gasteiger partial charge in [0.1, 0.15) is 5.82 Å². The molecule has 1 aromatic rings. The van der Waals surface area contributed by atoms with Crippen molar-refractivity contribution in [2.45, 2.75) is 51.7 Å². The highest BCUT2D eigenvalue weighted by Gasteiger charge is 2.48. The zero-order valence-corrected chi connectivity index (χ0v) is 12.8. The molecule has 20 heavy (non-hydrogen) atoms. The van der Waals surface area contributed by atoms with Crippen molar-refractivity contribution >= 4 is 0 Å². The predicted molar refractivity (Wildman–Crippen MR) is 80.2 cm³/mol. The van der Waals surface area contributed by atoms with Gasteiger partial charge in [0.25, 0.3) is 0 Å². The van der Waals surface area contributed by atoms with Crippen LogP contribution in [0.15, 0.2) is 18.5 Å². The number of hydrogen-bond donors (Lipinski definition) is 1. The van der Waals surface area contributed by atoms with Crippen molar-refractivity contribution in [3.8, 4) is 0 Å². The molecule has 1 aliphatic heterocycles. The van der Waals surface area contributed by atoms with Crippen molar-refractivity contribution in [3.63, 3.8) is 0 Å². The lowest BCUT2D eigenvalue weighted by Gasteiger charge is -2.49. The van der Waals surface area contributed by atoms with Gasteiger partial charge in [-0.2, -0.15) is 0 Å². The molecule has 1 N–H and O–H groups in total. The third-order valence-corrected chi connectivity index (χ3v) is 5.07. The zero-order valence-electron chi connectivity index (χ0n) is 12.8. The van der Waals surface area contributed by atoms with Crippen LogP contribution in [0.25, 0.3) is 0 Å². The maximum atomic E-state index is 4.41. The summed E-state index contributed by atoms with van der Waals surface area (Å²) in [6.45, 7) is 10.1. The van der Waals surface area contributed by atoms with Crippen LogP contribution in [0, 0.1) is 11.8 Å². The maximum Gasteiger partial charge on any atom is 0.142 e. The summed E-state index contributed by atoms with van der Waals surface area (Å²) in [6, 6.07) is 2.46. The number of nitrogens with zero attached hydrogens (tertiary/aromatic N) is 3. The molecule has 1 saturated carbocycles. The minimum Gasteiger partial charge on any atom is -0.311 e. The van der Waals surface area contributed by atoms with Gasteiger partial charge in [-0.1, -0.05) is 13.8 Å². The van der Waals surface area contributed by atoms with E-state index in [2.05, 4.69) is 41.0 Å². The van der Waals surface area contributed by atoms with Crippen LogP contribution in [0.5, 0.6) is 0 Å². The first-order valence-electron chi connectivity index (χ1n) is 7.84. The van der Waals surface area contributed by atoms with E-state index in [4.69, 9.17) is 0 Å². The Hall–Kier alpha value is -1.00. The van der Waals surface area contributed by atoms with Crippen LogP contribution in [-0.4, -0.2) is 39.5 Å². The molecule has 3 rings (SSSR count). The molecule has 0 spiro atoms. The van der Waals surface area contributed by atoms with Crippen molar-refractivity contribution in [2.24, 2.45) is 11.8 Å². The molecule has 2 unspecified atom stereocenters. The Labute approximate surface area is 122 Å². The molecule has 2 atom stereocenters. The molecule has 4 nitrogen and oxygen atoms in total. The Morgan fingerprint density at radius 2 is 2.05 bits per heavy atom. The van der Waals surface area contributed by atoms with Gasteiger partial charge in [-0.05, 0) is 37.7 Å². The van der Waals surface area contributed by atoms with Crippen LogP contribution in [0.1, 0.15) is 39.4 Å². The van der Waals surface area contributed by atoms with Gasteiger partial charge < -0.3 is 5.32 Å². The van der Waals surface area contributed by atoms with E-state index in [1.54, 1.807) is 0 Å². The fraction of sp³-hybridized carbons (Fsp3) is 0.750. The molecule has 1 aliphatic carbocycles. The first-order chi connectivity index (χ1) is 9.59. The molecule has 0 radical (unpaired) electrons. The third-order valence-electron chi connectivity index (χ3n) is 5.07. The summed E-state index contributed by atoms with van der Waals surface area (Å²) in [5.41, 5.74) is 0.268. The second-order valence-corrected chi connectivity index (χ2v) is 6.91. The van der Waals surface area contributed by atoms with Crippen LogP contribution in [-0.2, 0) is 6.54 Å². The van der Waals surface area contributed by atoms with E-state index < -0.39 is 0 Å². The normalized spacial score (nSPS) is 31.7. The summed E-state index contributed by atoms with van der Waals surface area (Å²) < 4.78 is 0. The second-order valence-electron chi connectivity index (χ2n) is 6.91. The topological polar surface area (TPSA) is 41.1 Å². The van der Waals surface area contributed by atoms with E-state index in [9.17, 15) is 0 Å². The van der Waals surface area contributed by atoms with Gasteiger partial charge in [0.2, 0.25) is 0 Å². The van der Waals surface area contributed by atoms with Crippen molar-refractivity contribution in [3.05, 3.63) is 24.3 Å². The smallest absolute Gasteiger partial charge is 0.142 e. The van der Waals surface area contributed by atoms with Gasteiger partial charge in [0.15, 0.2) is 0 Å². The van der Waals surface area contributed by atoms with Gasteiger partial charge in [-0.25, -0.2) is 9.97 Å². The number of hydrogen-bond acceptors (Lipinski definition) is 4. The average Bonchev–Trinajstić information content (AvgIpc) is 3.27. The lowest BCUT2D eigenvalue weighted by Crippen LogP contribution is -2.65. The van der Waals surface area contributed by atoms with Crippen LogP contribution >= 0.6 is 0 Å². The van der Waals surface area contributed by atoms with Crippen LogP contribution < -0.4 is 5.32 Å². The summed E-state index contributed by atoms with van der Waals surface area (Å²) in [7, 11) is 0. The Kier molecular flexibility index (Phi) is 3.78. The summed E-state index contributed by atoms with van der Waals surface area (Å²) in [6.07, 6.45) is 6.44. The zero-order chi connectivity index (χ0) is 14.2. The molecule has 2 fully saturated rings. The van der Waals surface area contributed by atoms with Crippen molar-refractivity contribution < 1.29 is 0 Å². The number of rotatable bonds is 4. The minimum atomic E-state index is 0.268. The Morgan fingerprint density at radius 3 is 2.65 bits per heavy atom. The second kappa shape index (κ2) is 5.41. The first-order valence-corrected chi connectivity index (χ1v) is 7.84. The largest absolute Gasteiger partial charge is 0.311 e. The number of aromatic nitrogens is 2. The van der Waals surface area contributed by atoms with Gasteiger partial charge in [0, 0.05) is 37.1 Å². The highest BCUT2D eigenvalue weighted by molar-refractivity contribution is 5.06. The van der Waals surface area contributed by atoms with Crippen LogP contribution in [0.3, 0.4) is 0 Å². The van der Waals surface area contributed by atoms with E-state index in [-0.39, 0.29) is 5.54 Å². The molecule has 0 amide bonds. The van der Waals surface area contributed by atoms with E-state index >= 15 is 0 Å². The summed E-state index contributed by atoms with van der Waals surface area (Å²) in [5.74, 6) is 2.45. The van der Waals surface area contributed by atoms with E-state index in [0.29, 0.717) is 12.0 Å². The molecule has 0 bridgehead atoms. The minimum absolute atomic E-state index is 0.268. The molecule has 4 heteroatoms. The highest BCUT2D eigenvalue weighted by Crippen LogP contribution is 2.44. The SMILES string of the molecule is CC(C)C1CN(Cc2ncccn2)C(C)(C2CC2)CN1. The molecule has 110 valence electrons. The van der Waals surface area contributed by atoms with E-state index in [0.717, 1.165) is 31.4 Å². The van der Waals surface area contributed by atoms with Crippen LogP contribution in [0.4, 0.5) is 0 Å². The van der Waals surface area contributed by atoms with E-state index in [1.807, 2.05) is 18.5 Å². The maximum absolute atomic E-state index is 4.41. The standard InChI is InChI=1S/C16H26N4/c1-12(2)14-9-20(10-15-17-7-4-8-18-15)16(3,11-19-14)13-5-6-13/h4,7-8,12-14,19H,5-6,9-11H2,1-3H3. The van der Waals surface area contributed by atoms with Crippen LogP contribution in [0.2, 0.25) is 0 Å². The molecule has 2 aliphatic rings. The molecule has 0 aromatic carbocycles. The molecule has 1 saturated heterocycles. The lowest BCUT2D eigenvalue weighted by molar-refractivity contribution is 0.0167. The Morgan fingerprint density at radius 1 is 1.35 bits per heavy atom. The molecule has 2 heterocycles. The number of nitrogens with one attached hydrogen (secondary N) is 1. The average molecular weight is 274 g/mol.